The van der Waals surface area contributed by atoms with Gasteiger partial charge in [-0.1, -0.05) is 251 Å². The van der Waals surface area contributed by atoms with Crippen molar-refractivity contribution in [2.75, 3.05) is 47.5 Å². The number of carbonyl (C=O) groups excluding carboxylic acids is 2. The first-order chi connectivity index (χ1) is 30.5. The largest absolute Gasteiger partial charge is 0.472 e. The van der Waals surface area contributed by atoms with Gasteiger partial charge >= 0.3 is 19.8 Å². The number of phosphoric acid groups is 1. The lowest BCUT2D eigenvalue weighted by molar-refractivity contribution is -0.870. The van der Waals surface area contributed by atoms with Gasteiger partial charge in [-0.05, 0) is 12.8 Å². The summed E-state index contributed by atoms with van der Waals surface area (Å²) in [5, 5.41) is 0. The lowest BCUT2D eigenvalue weighted by atomic mass is 10.0. The molecule has 0 aromatic carbocycles. The molecule has 376 valence electrons. The molecule has 0 spiro atoms. The molecule has 0 fully saturated rings. The normalized spacial score (nSPS) is 13.3. The molecule has 63 heavy (non-hydrogen) atoms. The van der Waals surface area contributed by atoms with Crippen molar-refractivity contribution < 1.29 is 42.1 Å². The van der Waals surface area contributed by atoms with E-state index in [1.807, 2.05) is 21.1 Å². The fourth-order valence-corrected chi connectivity index (χ4v) is 8.88. The molecule has 0 aliphatic heterocycles. The third kappa shape index (κ3) is 50.3. The van der Waals surface area contributed by atoms with Crippen LogP contribution >= 0.6 is 7.82 Å². The third-order valence-electron chi connectivity index (χ3n) is 12.4. The minimum Gasteiger partial charge on any atom is -0.462 e. The highest BCUT2D eigenvalue weighted by atomic mass is 31.2. The van der Waals surface area contributed by atoms with E-state index < -0.39 is 26.5 Å². The first-order valence-corrected chi connectivity index (χ1v) is 28.8. The number of carbonyl (C=O) groups is 2. The van der Waals surface area contributed by atoms with Crippen LogP contribution in [-0.4, -0.2) is 74.9 Å². The van der Waals surface area contributed by atoms with E-state index in [1.165, 1.54) is 212 Å². The molecule has 0 heterocycles. The van der Waals surface area contributed by atoms with Crippen molar-refractivity contribution in [2.24, 2.45) is 0 Å². The highest BCUT2D eigenvalue weighted by molar-refractivity contribution is 7.47. The van der Waals surface area contributed by atoms with E-state index in [1.54, 1.807) is 0 Å². The quantitative estimate of drug-likeness (QED) is 0.0278. The molecule has 9 nitrogen and oxygen atoms in total. The molecule has 0 aromatic heterocycles. The number of hydrogen-bond acceptors (Lipinski definition) is 7. The molecule has 2 unspecified atom stereocenters. The SMILES string of the molecule is CCCCCCCCCCCCCCCCCCCCCCCCC(=O)OCC(COP(=O)(O)OCC[N+](C)(C)C)OC(=O)CCCCCCCCCCCCCCCCCCC. The lowest BCUT2D eigenvalue weighted by Crippen LogP contribution is -2.37. The number of ether oxygens (including phenoxy) is 2. The van der Waals surface area contributed by atoms with Crippen LogP contribution in [0, 0.1) is 0 Å². The Balaban J connectivity index is 4.14. The molecule has 0 rings (SSSR count). The second-order valence-electron chi connectivity index (χ2n) is 20.0. The monoisotopic (exact) mass is 917 g/mol. The Hall–Kier alpha value is -0.990. The summed E-state index contributed by atoms with van der Waals surface area (Å²) in [6.07, 6.45) is 50.1. The Bertz CT molecular complexity index is 1040. The summed E-state index contributed by atoms with van der Waals surface area (Å²) in [6, 6.07) is 0. The fourth-order valence-electron chi connectivity index (χ4n) is 8.14. The maximum atomic E-state index is 12.8. The zero-order valence-electron chi connectivity index (χ0n) is 42.6. The molecular weight excluding hydrogens is 810 g/mol. The van der Waals surface area contributed by atoms with Gasteiger partial charge in [-0.25, -0.2) is 4.57 Å². The number of phosphoric ester groups is 1. The van der Waals surface area contributed by atoms with Crippen LogP contribution in [0.25, 0.3) is 0 Å². The summed E-state index contributed by atoms with van der Waals surface area (Å²) in [4.78, 5) is 35.6. The summed E-state index contributed by atoms with van der Waals surface area (Å²) >= 11 is 0. The van der Waals surface area contributed by atoms with Crippen LogP contribution in [0.5, 0.6) is 0 Å². The van der Waals surface area contributed by atoms with Gasteiger partial charge in [0, 0.05) is 12.8 Å². The lowest BCUT2D eigenvalue weighted by Gasteiger charge is -2.24. The van der Waals surface area contributed by atoms with Gasteiger partial charge in [0.2, 0.25) is 0 Å². The molecule has 0 aliphatic carbocycles. The molecule has 0 aromatic rings. The maximum absolute atomic E-state index is 12.8. The summed E-state index contributed by atoms with van der Waals surface area (Å²) in [7, 11) is 1.50. The van der Waals surface area contributed by atoms with Gasteiger partial charge in [0.05, 0.1) is 27.7 Å². The van der Waals surface area contributed by atoms with Crippen LogP contribution in [-0.2, 0) is 32.7 Å². The predicted molar refractivity (Wildman–Crippen MR) is 266 cm³/mol. The van der Waals surface area contributed by atoms with E-state index in [0.29, 0.717) is 17.4 Å². The van der Waals surface area contributed by atoms with E-state index in [9.17, 15) is 19.0 Å². The fraction of sp³-hybridized carbons (Fsp3) is 0.962. The molecular formula is C53H107NO8P+. The van der Waals surface area contributed by atoms with Crippen molar-refractivity contribution in [2.45, 2.75) is 283 Å². The van der Waals surface area contributed by atoms with Crippen LogP contribution < -0.4 is 0 Å². The van der Waals surface area contributed by atoms with Crippen LogP contribution in [0.2, 0.25) is 0 Å². The average molecular weight is 917 g/mol. The summed E-state index contributed by atoms with van der Waals surface area (Å²) in [6.45, 7) is 4.50. The highest BCUT2D eigenvalue weighted by Crippen LogP contribution is 2.43. The van der Waals surface area contributed by atoms with E-state index in [2.05, 4.69) is 13.8 Å². The molecule has 10 heteroatoms. The van der Waals surface area contributed by atoms with Gasteiger partial charge in [-0.2, -0.15) is 0 Å². The summed E-state index contributed by atoms with van der Waals surface area (Å²) < 4.78 is 34.5. The number of nitrogens with zero attached hydrogens (tertiary/aromatic N) is 1. The van der Waals surface area contributed by atoms with E-state index >= 15 is 0 Å². The van der Waals surface area contributed by atoms with Crippen LogP contribution in [0.4, 0.5) is 0 Å². The molecule has 0 radical (unpaired) electrons. The molecule has 0 bridgehead atoms. The number of esters is 2. The Labute approximate surface area is 391 Å². The zero-order valence-corrected chi connectivity index (χ0v) is 43.5. The van der Waals surface area contributed by atoms with Gasteiger partial charge in [0.15, 0.2) is 6.10 Å². The van der Waals surface area contributed by atoms with E-state index in [4.69, 9.17) is 18.5 Å². The molecule has 0 aliphatic rings. The molecule has 1 N–H and O–H groups in total. The van der Waals surface area contributed by atoms with Gasteiger partial charge in [-0.15, -0.1) is 0 Å². The van der Waals surface area contributed by atoms with Crippen LogP contribution in [0.15, 0.2) is 0 Å². The van der Waals surface area contributed by atoms with Crippen molar-refractivity contribution >= 4 is 19.8 Å². The van der Waals surface area contributed by atoms with Gasteiger partial charge in [0.25, 0.3) is 0 Å². The molecule has 0 saturated carbocycles. The first kappa shape index (κ1) is 62.0. The standard InChI is InChI=1S/C53H106NO8P/c1-6-8-10-12-14-16-18-20-22-24-25-26-27-28-30-31-33-35-37-39-41-43-45-52(55)59-49-51(50-61-63(57,58)60-48-47-54(3,4)5)62-53(56)46-44-42-40-38-36-34-32-29-23-21-19-17-15-13-11-9-7-2/h51H,6-50H2,1-5H3/p+1. The molecule has 0 saturated heterocycles. The van der Waals surface area contributed by atoms with Crippen molar-refractivity contribution in [1.82, 2.24) is 0 Å². The second kappa shape index (κ2) is 46.1. The van der Waals surface area contributed by atoms with E-state index in [0.717, 1.165) is 38.5 Å². The van der Waals surface area contributed by atoms with E-state index in [-0.39, 0.29) is 25.6 Å². The Kier molecular flexibility index (Phi) is 45.4. The maximum Gasteiger partial charge on any atom is 0.472 e. The van der Waals surface area contributed by atoms with Crippen molar-refractivity contribution in [3.8, 4) is 0 Å². The van der Waals surface area contributed by atoms with Crippen LogP contribution in [0.1, 0.15) is 277 Å². The second-order valence-corrected chi connectivity index (χ2v) is 21.4. The average Bonchev–Trinajstić information content (AvgIpc) is 3.24. The number of rotatable bonds is 51. The Morgan fingerprint density at radius 1 is 0.429 bits per heavy atom. The smallest absolute Gasteiger partial charge is 0.462 e. The number of quaternary nitrogens is 1. The van der Waals surface area contributed by atoms with Crippen LogP contribution in [0.3, 0.4) is 0 Å². The Morgan fingerprint density at radius 3 is 1.02 bits per heavy atom. The number of hydrogen-bond donors (Lipinski definition) is 1. The topological polar surface area (TPSA) is 108 Å². The minimum atomic E-state index is -4.37. The van der Waals surface area contributed by atoms with Crippen molar-refractivity contribution in [3.63, 3.8) is 0 Å². The number of likely N-dealkylation sites (N-methyl/N-ethyl adjacent to an activating group) is 1. The third-order valence-corrected chi connectivity index (χ3v) is 13.4. The molecule has 2 atom stereocenters. The van der Waals surface area contributed by atoms with Gasteiger partial charge < -0.3 is 18.9 Å². The minimum absolute atomic E-state index is 0.0373. The van der Waals surface area contributed by atoms with Crippen molar-refractivity contribution in [1.29, 1.82) is 0 Å². The molecule has 0 amide bonds. The predicted octanol–water partition coefficient (Wildman–Crippen LogP) is 16.3. The zero-order chi connectivity index (χ0) is 46.4. The van der Waals surface area contributed by atoms with Crippen molar-refractivity contribution in [3.05, 3.63) is 0 Å². The summed E-state index contributed by atoms with van der Waals surface area (Å²) in [5.41, 5.74) is 0. The van der Waals surface area contributed by atoms with Gasteiger partial charge in [0.1, 0.15) is 19.8 Å². The number of unbranched alkanes of at least 4 members (excludes halogenated alkanes) is 37. The first-order valence-electron chi connectivity index (χ1n) is 27.3. The Morgan fingerprint density at radius 2 is 0.714 bits per heavy atom. The summed E-state index contributed by atoms with van der Waals surface area (Å²) in [5.74, 6) is -0.775. The highest BCUT2D eigenvalue weighted by Gasteiger charge is 2.27. The van der Waals surface area contributed by atoms with Gasteiger partial charge in [-0.3, -0.25) is 18.6 Å².